The molecule has 0 bridgehead atoms. The molecule has 1 atom stereocenters. The van der Waals surface area contributed by atoms with Crippen LogP contribution in [0.2, 0.25) is 0 Å². The molecule has 0 aliphatic rings. The van der Waals surface area contributed by atoms with Crippen molar-refractivity contribution in [2.75, 3.05) is 0 Å². The quantitative estimate of drug-likeness (QED) is 0.772. The van der Waals surface area contributed by atoms with Gasteiger partial charge in [-0.1, -0.05) is 48.0 Å². The molecule has 19 heavy (non-hydrogen) atoms. The number of ketones is 1. The van der Waals surface area contributed by atoms with Gasteiger partial charge in [0.25, 0.3) is 0 Å². The summed E-state index contributed by atoms with van der Waals surface area (Å²) in [6.07, 6.45) is -0.483. The highest BCUT2D eigenvalue weighted by Gasteiger charge is 2.17. The summed E-state index contributed by atoms with van der Waals surface area (Å²) < 4.78 is 5.74. The Bertz CT molecular complexity index is 570. The molecule has 0 heterocycles. The maximum absolute atomic E-state index is 12.2. The van der Waals surface area contributed by atoms with E-state index in [9.17, 15) is 4.79 Å². The molecule has 2 rings (SSSR count). The van der Waals surface area contributed by atoms with Crippen LogP contribution < -0.4 is 4.74 Å². The average molecular weight is 254 g/mol. The molecule has 98 valence electrons. The fraction of sp³-hybridized carbons (Fsp3) is 0.235. The molecule has 0 aromatic heterocycles. The molecule has 2 nitrogen and oxygen atoms in total. The second-order valence-electron chi connectivity index (χ2n) is 4.76. The van der Waals surface area contributed by atoms with Crippen LogP contribution in [0.4, 0.5) is 0 Å². The molecule has 0 radical (unpaired) electrons. The third-order valence-electron chi connectivity index (χ3n) is 3.10. The van der Waals surface area contributed by atoms with E-state index >= 15 is 0 Å². The first-order chi connectivity index (χ1) is 9.08. The summed E-state index contributed by atoms with van der Waals surface area (Å²) in [5, 5.41) is 0. The molecule has 2 aromatic carbocycles. The first kappa shape index (κ1) is 13.3. The maximum Gasteiger partial charge on any atom is 0.202 e. The van der Waals surface area contributed by atoms with Crippen molar-refractivity contribution in [3.05, 3.63) is 65.2 Å². The highest BCUT2D eigenvalue weighted by atomic mass is 16.5. The smallest absolute Gasteiger partial charge is 0.202 e. The van der Waals surface area contributed by atoms with E-state index in [0.29, 0.717) is 5.56 Å². The van der Waals surface area contributed by atoms with Gasteiger partial charge in [-0.15, -0.1) is 0 Å². The van der Waals surface area contributed by atoms with E-state index in [1.165, 1.54) is 0 Å². The summed E-state index contributed by atoms with van der Waals surface area (Å²) in [6, 6.07) is 15.3. The van der Waals surface area contributed by atoms with E-state index in [-0.39, 0.29) is 5.78 Å². The first-order valence-electron chi connectivity index (χ1n) is 6.41. The topological polar surface area (TPSA) is 26.3 Å². The molecule has 0 aliphatic carbocycles. The number of para-hydroxylation sites is 1. The summed E-state index contributed by atoms with van der Waals surface area (Å²) >= 11 is 0. The summed E-state index contributed by atoms with van der Waals surface area (Å²) in [5.74, 6) is 0.763. The van der Waals surface area contributed by atoms with Crippen molar-refractivity contribution in [1.82, 2.24) is 0 Å². The van der Waals surface area contributed by atoms with Crippen LogP contribution in [0.15, 0.2) is 48.5 Å². The minimum Gasteiger partial charge on any atom is -0.482 e. The van der Waals surface area contributed by atoms with Gasteiger partial charge in [-0.2, -0.15) is 0 Å². The van der Waals surface area contributed by atoms with Gasteiger partial charge in [0.15, 0.2) is 6.10 Å². The minimum atomic E-state index is -0.483. The molecule has 0 saturated heterocycles. The van der Waals surface area contributed by atoms with Crippen LogP contribution in [-0.4, -0.2) is 11.9 Å². The van der Waals surface area contributed by atoms with Crippen molar-refractivity contribution >= 4 is 5.78 Å². The third-order valence-corrected chi connectivity index (χ3v) is 3.10. The van der Waals surface area contributed by atoms with Crippen molar-refractivity contribution in [2.45, 2.75) is 26.9 Å². The summed E-state index contributed by atoms with van der Waals surface area (Å²) in [7, 11) is 0. The largest absolute Gasteiger partial charge is 0.482 e. The van der Waals surface area contributed by atoms with E-state index in [1.54, 1.807) is 6.92 Å². The van der Waals surface area contributed by atoms with E-state index in [4.69, 9.17) is 4.74 Å². The Morgan fingerprint density at radius 2 is 1.63 bits per heavy atom. The molecule has 0 saturated carbocycles. The predicted octanol–water partition coefficient (Wildman–Crippen LogP) is 3.95. The second-order valence-corrected chi connectivity index (χ2v) is 4.76. The van der Waals surface area contributed by atoms with Gasteiger partial charge < -0.3 is 4.74 Å². The average Bonchev–Trinajstić information content (AvgIpc) is 2.41. The van der Waals surface area contributed by atoms with Crippen molar-refractivity contribution in [3.63, 3.8) is 0 Å². The number of hydrogen-bond acceptors (Lipinski definition) is 2. The van der Waals surface area contributed by atoms with Gasteiger partial charge in [-0.25, -0.2) is 0 Å². The van der Waals surface area contributed by atoms with Crippen LogP contribution >= 0.6 is 0 Å². The molecular weight excluding hydrogens is 236 g/mol. The van der Waals surface area contributed by atoms with Crippen LogP contribution in [-0.2, 0) is 0 Å². The van der Waals surface area contributed by atoms with Gasteiger partial charge in [-0.05, 0) is 32.4 Å². The van der Waals surface area contributed by atoms with Crippen molar-refractivity contribution in [1.29, 1.82) is 0 Å². The zero-order valence-corrected chi connectivity index (χ0v) is 11.5. The normalized spacial score (nSPS) is 11.9. The number of carbonyl (C=O) groups excluding carboxylic acids is 1. The Morgan fingerprint density at radius 3 is 2.26 bits per heavy atom. The third kappa shape index (κ3) is 3.22. The lowest BCUT2D eigenvalue weighted by molar-refractivity contribution is 0.0817. The number of benzene rings is 2. The van der Waals surface area contributed by atoms with Gasteiger partial charge in [0.1, 0.15) is 5.75 Å². The second kappa shape index (κ2) is 5.70. The number of Topliss-reactive ketones (excluding diaryl/α,β-unsaturated/α-hetero) is 1. The molecule has 0 fully saturated rings. The molecule has 0 N–H and O–H groups in total. The van der Waals surface area contributed by atoms with Crippen molar-refractivity contribution in [3.8, 4) is 5.75 Å². The Kier molecular flexibility index (Phi) is 4.00. The number of ether oxygens (including phenoxy) is 1. The monoisotopic (exact) mass is 254 g/mol. The van der Waals surface area contributed by atoms with Gasteiger partial charge >= 0.3 is 0 Å². The SMILES string of the molecule is Cc1ccc(C(=O)C(C)Oc2ccccc2C)cc1. The van der Waals surface area contributed by atoms with Gasteiger partial charge in [0, 0.05) is 5.56 Å². The summed E-state index contributed by atoms with van der Waals surface area (Å²) in [5.41, 5.74) is 2.86. The lowest BCUT2D eigenvalue weighted by atomic mass is 10.1. The Hall–Kier alpha value is -2.09. The summed E-state index contributed by atoms with van der Waals surface area (Å²) in [6.45, 7) is 5.76. The lowest BCUT2D eigenvalue weighted by Gasteiger charge is -2.15. The molecule has 0 amide bonds. The Balaban J connectivity index is 2.12. The van der Waals surface area contributed by atoms with E-state index in [0.717, 1.165) is 16.9 Å². The Labute approximate surface area is 114 Å². The van der Waals surface area contributed by atoms with E-state index in [2.05, 4.69) is 0 Å². The first-order valence-corrected chi connectivity index (χ1v) is 6.41. The zero-order chi connectivity index (χ0) is 13.8. The van der Waals surface area contributed by atoms with Gasteiger partial charge in [0.05, 0.1) is 0 Å². The van der Waals surface area contributed by atoms with Gasteiger partial charge in [0.2, 0.25) is 5.78 Å². The molecule has 2 heteroatoms. The molecule has 0 aliphatic heterocycles. The van der Waals surface area contributed by atoms with Crippen molar-refractivity contribution in [2.24, 2.45) is 0 Å². The summed E-state index contributed by atoms with van der Waals surface area (Å²) in [4.78, 5) is 12.2. The molecule has 2 aromatic rings. The number of hydrogen-bond donors (Lipinski definition) is 0. The van der Waals surface area contributed by atoms with E-state index in [1.807, 2.05) is 62.4 Å². The predicted molar refractivity (Wildman–Crippen MR) is 76.8 cm³/mol. The molecule has 0 spiro atoms. The van der Waals surface area contributed by atoms with E-state index < -0.39 is 6.10 Å². The number of rotatable bonds is 4. The lowest BCUT2D eigenvalue weighted by Crippen LogP contribution is -2.24. The standard InChI is InChI=1S/C17H18O2/c1-12-8-10-15(11-9-12)17(18)14(3)19-16-7-5-4-6-13(16)2/h4-11,14H,1-3H3. The number of carbonyl (C=O) groups is 1. The van der Waals surface area contributed by atoms with Crippen LogP contribution in [0.5, 0.6) is 5.75 Å². The maximum atomic E-state index is 12.2. The zero-order valence-electron chi connectivity index (χ0n) is 11.5. The molecule has 1 unspecified atom stereocenters. The van der Waals surface area contributed by atoms with Crippen LogP contribution in [0.3, 0.4) is 0 Å². The van der Waals surface area contributed by atoms with Crippen LogP contribution in [0.25, 0.3) is 0 Å². The van der Waals surface area contributed by atoms with Gasteiger partial charge in [-0.3, -0.25) is 4.79 Å². The number of aryl methyl sites for hydroxylation is 2. The fourth-order valence-electron chi connectivity index (χ4n) is 1.89. The minimum absolute atomic E-state index is 0.00301. The Morgan fingerprint density at radius 1 is 1.00 bits per heavy atom. The van der Waals surface area contributed by atoms with Crippen LogP contribution in [0.1, 0.15) is 28.4 Å². The highest BCUT2D eigenvalue weighted by molar-refractivity contribution is 5.99. The van der Waals surface area contributed by atoms with Crippen molar-refractivity contribution < 1.29 is 9.53 Å². The van der Waals surface area contributed by atoms with Crippen LogP contribution in [0, 0.1) is 13.8 Å². The molecular formula is C17H18O2. The fourth-order valence-corrected chi connectivity index (χ4v) is 1.89. The highest BCUT2D eigenvalue weighted by Crippen LogP contribution is 2.19.